The van der Waals surface area contributed by atoms with Crippen LogP contribution in [0.1, 0.15) is 39.5 Å². The minimum atomic E-state index is 0.108. The first-order chi connectivity index (χ1) is 8.65. The van der Waals surface area contributed by atoms with Crippen molar-refractivity contribution in [2.45, 2.75) is 43.9 Å². The van der Waals surface area contributed by atoms with E-state index in [0.717, 1.165) is 22.9 Å². The molecule has 1 N–H and O–H groups in total. The lowest BCUT2D eigenvalue weighted by Gasteiger charge is -2.23. The highest BCUT2D eigenvalue weighted by molar-refractivity contribution is 8.01. The van der Waals surface area contributed by atoms with Gasteiger partial charge in [0.05, 0.1) is 0 Å². The van der Waals surface area contributed by atoms with E-state index in [1.165, 1.54) is 24.2 Å². The van der Waals surface area contributed by atoms with Gasteiger partial charge in [0.25, 0.3) is 0 Å². The summed E-state index contributed by atoms with van der Waals surface area (Å²) in [7, 11) is 0. The zero-order valence-corrected chi connectivity index (χ0v) is 12.4. The molecule has 0 spiro atoms. The van der Waals surface area contributed by atoms with Crippen molar-refractivity contribution in [1.82, 2.24) is 10.2 Å². The number of anilines is 1. The third-order valence-electron chi connectivity index (χ3n) is 3.03. The van der Waals surface area contributed by atoms with E-state index in [9.17, 15) is 4.79 Å². The second-order valence-corrected chi connectivity index (χ2v) is 7.34. The summed E-state index contributed by atoms with van der Waals surface area (Å²) in [4.78, 5) is 11.7. The Hall–Kier alpha value is -0.620. The maximum absolute atomic E-state index is 11.7. The highest BCUT2D eigenvalue weighted by Gasteiger charge is 2.25. The third-order valence-corrected chi connectivity index (χ3v) is 5.04. The van der Waals surface area contributed by atoms with E-state index in [2.05, 4.69) is 29.4 Å². The van der Waals surface area contributed by atoms with Gasteiger partial charge in [-0.05, 0) is 25.2 Å². The molecule has 2 rings (SSSR count). The van der Waals surface area contributed by atoms with Crippen LogP contribution >= 0.6 is 23.1 Å². The van der Waals surface area contributed by atoms with Gasteiger partial charge in [-0.15, -0.1) is 10.2 Å². The van der Waals surface area contributed by atoms with Crippen LogP contribution in [0.15, 0.2) is 4.34 Å². The zero-order chi connectivity index (χ0) is 13.0. The average molecular weight is 285 g/mol. The zero-order valence-electron chi connectivity index (χ0n) is 10.8. The molecule has 18 heavy (non-hydrogen) atoms. The molecule has 1 aliphatic carbocycles. The molecule has 1 fully saturated rings. The fraction of sp³-hybridized carbons (Fsp3) is 0.750. The van der Waals surface area contributed by atoms with Gasteiger partial charge < -0.3 is 5.32 Å². The standard InChI is InChI=1S/C12H19N3OS2/c1-8(2)6-7-17-12-15-14-11(18-12)13-10(16)9-4-3-5-9/h8-9H,3-7H2,1-2H3,(H,13,14,16). The van der Waals surface area contributed by atoms with Gasteiger partial charge in [0.1, 0.15) is 0 Å². The van der Waals surface area contributed by atoms with Crippen LogP contribution in [0.2, 0.25) is 0 Å². The van der Waals surface area contributed by atoms with E-state index >= 15 is 0 Å². The predicted molar refractivity (Wildman–Crippen MR) is 76.1 cm³/mol. The molecule has 1 aromatic heterocycles. The molecule has 0 bridgehead atoms. The smallest absolute Gasteiger partial charge is 0.229 e. The van der Waals surface area contributed by atoms with Crippen molar-refractivity contribution in [3.8, 4) is 0 Å². The lowest BCUT2D eigenvalue weighted by molar-refractivity contribution is -0.122. The lowest BCUT2D eigenvalue weighted by Crippen LogP contribution is -2.27. The van der Waals surface area contributed by atoms with Crippen LogP contribution in [0.3, 0.4) is 0 Å². The molecule has 0 saturated heterocycles. The summed E-state index contributed by atoms with van der Waals surface area (Å²) in [5, 5.41) is 11.6. The Morgan fingerprint density at radius 1 is 1.50 bits per heavy atom. The molecule has 1 amide bonds. The number of hydrogen-bond acceptors (Lipinski definition) is 5. The third kappa shape index (κ3) is 3.95. The van der Waals surface area contributed by atoms with E-state index < -0.39 is 0 Å². The van der Waals surface area contributed by atoms with Gasteiger partial charge in [0.2, 0.25) is 11.0 Å². The first-order valence-corrected chi connectivity index (χ1v) is 8.22. The molecule has 1 saturated carbocycles. The fourth-order valence-corrected chi connectivity index (χ4v) is 3.64. The second-order valence-electron chi connectivity index (χ2n) is 5.02. The Kier molecular flexibility index (Phi) is 5.00. The van der Waals surface area contributed by atoms with Crippen molar-refractivity contribution in [2.75, 3.05) is 11.1 Å². The Morgan fingerprint density at radius 3 is 2.89 bits per heavy atom. The number of nitrogens with zero attached hydrogens (tertiary/aromatic N) is 2. The van der Waals surface area contributed by atoms with Gasteiger partial charge in [-0.25, -0.2) is 0 Å². The molecule has 0 radical (unpaired) electrons. The SMILES string of the molecule is CC(C)CCSc1nnc(NC(=O)C2CCC2)s1. The fourth-order valence-electron chi connectivity index (χ4n) is 1.58. The van der Waals surface area contributed by atoms with Gasteiger partial charge in [-0.1, -0.05) is 43.4 Å². The van der Waals surface area contributed by atoms with E-state index in [1.54, 1.807) is 11.8 Å². The van der Waals surface area contributed by atoms with Crippen molar-refractivity contribution in [3.63, 3.8) is 0 Å². The predicted octanol–water partition coefficient (Wildman–Crippen LogP) is 3.41. The summed E-state index contributed by atoms with van der Waals surface area (Å²) in [6.07, 6.45) is 4.37. The molecule has 100 valence electrons. The van der Waals surface area contributed by atoms with Gasteiger partial charge in [-0.2, -0.15) is 0 Å². The summed E-state index contributed by atoms with van der Waals surface area (Å²) < 4.78 is 0.944. The molecule has 0 atom stereocenters. The van der Waals surface area contributed by atoms with Gasteiger partial charge in [0, 0.05) is 11.7 Å². The molecule has 4 nitrogen and oxygen atoms in total. The van der Waals surface area contributed by atoms with Crippen LogP contribution < -0.4 is 5.32 Å². The van der Waals surface area contributed by atoms with Crippen molar-refractivity contribution in [3.05, 3.63) is 0 Å². The van der Waals surface area contributed by atoms with Crippen LogP contribution in [0.5, 0.6) is 0 Å². The number of nitrogens with one attached hydrogen (secondary N) is 1. The molecule has 1 aromatic rings. The normalized spacial score (nSPS) is 15.7. The Labute approximate surface area is 116 Å². The van der Waals surface area contributed by atoms with Crippen LogP contribution in [0.4, 0.5) is 5.13 Å². The topological polar surface area (TPSA) is 54.9 Å². The summed E-state index contributed by atoms with van der Waals surface area (Å²) in [6, 6.07) is 0. The molecule has 1 aliphatic rings. The van der Waals surface area contributed by atoms with Gasteiger partial charge in [-0.3, -0.25) is 4.79 Å². The van der Waals surface area contributed by atoms with E-state index in [1.807, 2.05) is 0 Å². The highest BCUT2D eigenvalue weighted by Crippen LogP contribution is 2.30. The van der Waals surface area contributed by atoms with E-state index in [4.69, 9.17) is 0 Å². The average Bonchev–Trinajstić information content (AvgIpc) is 2.62. The minimum Gasteiger partial charge on any atom is -0.300 e. The van der Waals surface area contributed by atoms with Crippen LogP contribution in [0, 0.1) is 11.8 Å². The molecular weight excluding hydrogens is 266 g/mol. The maximum atomic E-state index is 11.7. The Bertz CT molecular complexity index is 402. The largest absolute Gasteiger partial charge is 0.300 e. The lowest BCUT2D eigenvalue weighted by atomic mass is 9.85. The summed E-state index contributed by atoms with van der Waals surface area (Å²) in [5.41, 5.74) is 0. The van der Waals surface area contributed by atoms with Gasteiger partial charge >= 0.3 is 0 Å². The number of hydrogen-bond donors (Lipinski definition) is 1. The minimum absolute atomic E-state index is 0.108. The molecule has 0 unspecified atom stereocenters. The Morgan fingerprint density at radius 2 is 2.28 bits per heavy atom. The van der Waals surface area contributed by atoms with Crippen molar-refractivity contribution in [1.29, 1.82) is 0 Å². The molecule has 0 aromatic carbocycles. The number of rotatable bonds is 6. The molecule has 6 heteroatoms. The summed E-state index contributed by atoms with van der Waals surface area (Å²) >= 11 is 3.19. The van der Waals surface area contributed by atoms with Crippen molar-refractivity contribution < 1.29 is 4.79 Å². The quantitative estimate of drug-likeness (QED) is 0.643. The molecule has 1 heterocycles. The Balaban J connectivity index is 1.76. The van der Waals surface area contributed by atoms with E-state index in [0.29, 0.717) is 11.0 Å². The highest BCUT2D eigenvalue weighted by atomic mass is 32.2. The first-order valence-electron chi connectivity index (χ1n) is 6.42. The number of aromatic nitrogens is 2. The number of carbonyl (C=O) groups excluding carboxylic acids is 1. The monoisotopic (exact) mass is 285 g/mol. The van der Waals surface area contributed by atoms with Crippen molar-refractivity contribution >= 4 is 34.1 Å². The first kappa shape index (κ1) is 13.8. The van der Waals surface area contributed by atoms with Crippen LogP contribution in [-0.2, 0) is 4.79 Å². The maximum Gasteiger partial charge on any atom is 0.229 e. The number of thioether (sulfide) groups is 1. The second kappa shape index (κ2) is 6.52. The van der Waals surface area contributed by atoms with Gasteiger partial charge in [0.15, 0.2) is 4.34 Å². The summed E-state index contributed by atoms with van der Waals surface area (Å²) in [5.74, 6) is 2.08. The van der Waals surface area contributed by atoms with Crippen LogP contribution in [-0.4, -0.2) is 21.9 Å². The molecular formula is C12H19N3OS2. The van der Waals surface area contributed by atoms with Crippen LogP contribution in [0.25, 0.3) is 0 Å². The van der Waals surface area contributed by atoms with Crippen molar-refractivity contribution in [2.24, 2.45) is 11.8 Å². The number of carbonyl (C=O) groups is 1. The number of amides is 1. The van der Waals surface area contributed by atoms with E-state index in [-0.39, 0.29) is 11.8 Å². The molecule has 0 aliphatic heterocycles. The summed E-state index contributed by atoms with van der Waals surface area (Å²) in [6.45, 7) is 4.43.